The highest BCUT2D eigenvalue weighted by atomic mass is 32.2. The van der Waals surface area contributed by atoms with Crippen molar-refractivity contribution in [1.82, 2.24) is 9.21 Å². The van der Waals surface area contributed by atoms with Gasteiger partial charge in [-0.25, -0.2) is 4.31 Å². The molecule has 1 fully saturated rings. The maximum absolute atomic E-state index is 12.4. The second kappa shape index (κ2) is 6.35. The molecule has 0 radical (unpaired) electrons. The predicted molar refractivity (Wildman–Crippen MR) is 80.6 cm³/mol. The van der Waals surface area contributed by atoms with Crippen LogP contribution in [0, 0.1) is 0 Å². The van der Waals surface area contributed by atoms with E-state index in [-0.39, 0.29) is 10.7 Å². The first kappa shape index (κ1) is 17.5. The lowest BCUT2D eigenvalue weighted by atomic mass is 10.1. The number of thiophene rings is 1. The molecule has 9 nitrogen and oxygen atoms in total. The molecule has 0 saturated carbocycles. The van der Waals surface area contributed by atoms with Crippen LogP contribution >= 0.6 is 11.3 Å². The molecule has 1 aliphatic rings. The zero-order valence-electron chi connectivity index (χ0n) is 12.1. The minimum Gasteiger partial charge on any atom is -0.320 e. The van der Waals surface area contributed by atoms with Crippen LogP contribution in [-0.2, 0) is 31.1 Å². The summed E-state index contributed by atoms with van der Waals surface area (Å²) < 4.78 is 31.0. The molecule has 0 bridgehead atoms. The van der Waals surface area contributed by atoms with Crippen LogP contribution in [0.1, 0.15) is 11.8 Å². The number of carbonyl (C=O) groups is 3. The molecule has 23 heavy (non-hydrogen) atoms. The van der Waals surface area contributed by atoms with Gasteiger partial charge < -0.3 is 5.73 Å². The fourth-order valence-electron chi connectivity index (χ4n) is 2.10. The molecular formula is C12H15N3O6S2. The maximum Gasteiger partial charge on any atom is 0.362 e. The van der Waals surface area contributed by atoms with E-state index in [1.807, 2.05) is 0 Å². The zero-order valence-corrected chi connectivity index (χ0v) is 13.7. The number of nitrogens with two attached hydrogens (primary N) is 1. The number of amides is 3. The highest BCUT2D eigenvalue weighted by molar-refractivity contribution is 7.84. The van der Waals surface area contributed by atoms with E-state index in [4.69, 9.17) is 10.3 Å². The SMILES string of the molecule is C[C@H](N)C(=O)N(C(=O)Cc1cccs1)C1CN(S(=O)(=O)O)C1=O. The third-order valence-corrected chi connectivity index (χ3v) is 5.02. The van der Waals surface area contributed by atoms with E-state index < -0.39 is 46.7 Å². The fourth-order valence-corrected chi connectivity index (χ4v) is 3.47. The molecule has 2 heterocycles. The van der Waals surface area contributed by atoms with Gasteiger partial charge in [-0.3, -0.25) is 23.8 Å². The lowest BCUT2D eigenvalue weighted by Crippen LogP contribution is -2.68. The van der Waals surface area contributed by atoms with Gasteiger partial charge >= 0.3 is 10.3 Å². The first-order chi connectivity index (χ1) is 10.6. The minimum absolute atomic E-state index is 0.105. The van der Waals surface area contributed by atoms with Gasteiger partial charge in [-0.15, -0.1) is 11.3 Å². The Balaban J connectivity index is 2.21. The number of nitrogens with zero attached hydrogens (tertiary/aromatic N) is 2. The highest BCUT2D eigenvalue weighted by Crippen LogP contribution is 2.22. The number of hydrogen-bond donors (Lipinski definition) is 2. The molecular weight excluding hydrogens is 346 g/mol. The van der Waals surface area contributed by atoms with Crippen molar-refractivity contribution in [2.24, 2.45) is 5.73 Å². The lowest BCUT2D eigenvalue weighted by Gasteiger charge is -2.41. The third kappa shape index (κ3) is 3.58. The Morgan fingerprint density at radius 1 is 1.57 bits per heavy atom. The van der Waals surface area contributed by atoms with Crippen molar-refractivity contribution >= 4 is 39.4 Å². The molecule has 3 amide bonds. The molecule has 0 aromatic carbocycles. The summed E-state index contributed by atoms with van der Waals surface area (Å²) in [6.07, 6.45) is -0.105. The average Bonchev–Trinajstić information content (AvgIpc) is 2.92. The Morgan fingerprint density at radius 3 is 2.65 bits per heavy atom. The summed E-state index contributed by atoms with van der Waals surface area (Å²) in [7, 11) is -4.70. The van der Waals surface area contributed by atoms with Gasteiger partial charge in [-0.2, -0.15) is 8.42 Å². The van der Waals surface area contributed by atoms with Gasteiger partial charge in [-0.05, 0) is 18.4 Å². The Morgan fingerprint density at radius 2 is 2.22 bits per heavy atom. The van der Waals surface area contributed by atoms with Crippen LogP contribution in [0.15, 0.2) is 17.5 Å². The zero-order chi connectivity index (χ0) is 17.4. The van der Waals surface area contributed by atoms with Crippen molar-refractivity contribution in [2.75, 3.05) is 6.54 Å². The quantitative estimate of drug-likeness (QED) is 0.507. The molecule has 126 valence electrons. The molecule has 2 atom stereocenters. The van der Waals surface area contributed by atoms with Gasteiger partial charge in [0.15, 0.2) is 0 Å². The topological polar surface area (TPSA) is 138 Å². The molecule has 1 aromatic rings. The van der Waals surface area contributed by atoms with Crippen LogP contribution < -0.4 is 5.73 Å². The van der Waals surface area contributed by atoms with Crippen molar-refractivity contribution in [2.45, 2.75) is 25.4 Å². The van der Waals surface area contributed by atoms with Gasteiger partial charge in [0.1, 0.15) is 6.04 Å². The molecule has 1 aromatic heterocycles. The predicted octanol–water partition coefficient (Wildman–Crippen LogP) is -0.993. The van der Waals surface area contributed by atoms with E-state index >= 15 is 0 Å². The number of rotatable bonds is 5. The number of imide groups is 1. The summed E-state index contributed by atoms with van der Waals surface area (Å²) in [5.74, 6) is -2.47. The van der Waals surface area contributed by atoms with Crippen LogP contribution in [0.25, 0.3) is 0 Å². The second-order valence-electron chi connectivity index (χ2n) is 5.01. The van der Waals surface area contributed by atoms with Crippen molar-refractivity contribution in [3.63, 3.8) is 0 Å². The number of β-lactam (4-membered cyclic amide) rings is 1. The van der Waals surface area contributed by atoms with Gasteiger partial charge in [-0.1, -0.05) is 6.07 Å². The lowest BCUT2D eigenvalue weighted by molar-refractivity contribution is -0.160. The van der Waals surface area contributed by atoms with Crippen molar-refractivity contribution in [3.05, 3.63) is 22.4 Å². The summed E-state index contributed by atoms with van der Waals surface area (Å²) in [5.41, 5.74) is 5.50. The van der Waals surface area contributed by atoms with Gasteiger partial charge in [0.25, 0.3) is 5.91 Å². The summed E-state index contributed by atoms with van der Waals surface area (Å²) in [6, 6.07) is 1.13. The molecule has 1 saturated heterocycles. The monoisotopic (exact) mass is 361 g/mol. The van der Waals surface area contributed by atoms with E-state index in [0.29, 0.717) is 9.78 Å². The first-order valence-electron chi connectivity index (χ1n) is 6.55. The molecule has 3 N–H and O–H groups in total. The molecule has 11 heteroatoms. The van der Waals surface area contributed by atoms with Crippen LogP contribution in [0.5, 0.6) is 0 Å². The van der Waals surface area contributed by atoms with E-state index in [0.717, 1.165) is 0 Å². The van der Waals surface area contributed by atoms with E-state index in [1.54, 1.807) is 17.5 Å². The van der Waals surface area contributed by atoms with E-state index in [9.17, 15) is 22.8 Å². The van der Waals surface area contributed by atoms with Gasteiger partial charge in [0, 0.05) is 4.88 Å². The summed E-state index contributed by atoms with van der Waals surface area (Å²) in [5, 5.41) is 1.76. The fraction of sp³-hybridized carbons (Fsp3) is 0.417. The average molecular weight is 361 g/mol. The van der Waals surface area contributed by atoms with Crippen LogP contribution in [0.2, 0.25) is 0 Å². The molecule has 2 rings (SSSR count). The van der Waals surface area contributed by atoms with E-state index in [2.05, 4.69) is 0 Å². The highest BCUT2D eigenvalue weighted by Gasteiger charge is 2.50. The smallest absolute Gasteiger partial charge is 0.320 e. The summed E-state index contributed by atoms with van der Waals surface area (Å²) in [6.45, 7) is 0.879. The van der Waals surface area contributed by atoms with Crippen LogP contribution in [-0.4, -0.2) is 58.5 Å². The normalized spacial score (nSPS) is 19.2. The maximum atomic E-state index is 12.4. The standard InChI is InChI=1S/C12H15N3O6S2/c1-7(13)11(17)15(10(16)5-8-3-2-4-22-8)9-6-14(12(9)18)23(19,20)21/h2-4,7,9H,5-6,13H2,1H3,(H,19,20,21)/t7-,9?/m0/s1. The Kier molecular flexibility index (Phi) is 4.84. The van der Waals surface area contributed by atoms with Crippen molar-refractivity contribution < 1.29 is 27.4 Å². The molecule has 1 unspecified atom stereocenters. The first-order valence-corrected chi connectivity index (χ1v) is 8.83. The van der Waals surface area contributed by atoms with Crippen molar-refractivity contribution in [3.8, 4) is 0 Å². The Labute approximate surface area is 136 Å². The molecule has 1 aliphatic heterocycles. The second-order valence-corrected chi connectivity index (χ2v) is 7.38. The summed E-state index contributed by atoms with van der Waals surface area (Å²) >= 11 is 1.31. The van der Waals surface area contributed by atoms with Gasteiger partial charge in [0.2, 0.25) is 11.8 Å². The van der Waals surface area contributed by atoms with E-state index in [1.165, 1.54) is 18.3 Å². The Bertz CT molecular complexity index is 728. The van der Waals surface area contributed by atoms with Gasteiger partial charge in [0.05, 0.1) is 19.0 Å². The third-order valence-electron chi connectivity index (χ3n) is 3.26. The van der Waals surface area contributed by atoms with Crippen LogP contribution in [0.4, 0.5) is 0 Å². The number of hydrogen-bond acceptors (Lipinski definition) is 7. The van der Waals surface area contributed by atoms with Crippen LogP contribution in [0.3, 0.4) is 0 Å². The minimum atomic E-state index is -4.70. The largest absolute Gasteiger partial charge is 0.362 e. The Hall–Kier alpha value is -1.82. The molecule has 0 spiro atoms. The number of carbonyl (C=O) groups excluding carboxylic acids is 3. The summed E-state index contributed by atoms with van der Waals surface area (Å²) in [4.78, 5) is 37.8. The van der Waals surface area contributed by atoms with Crippen molar-refractivity contribution in [1.29, 1.82) is 0 Å². The molecule has 0 aliphatic carbocycles.